The van der Waals surface area contributed by atoms with Crippen molar-refractivity contribution in [2.75, 3.05) is 32.4 Å². The van der Waals surface area contributed by atoms with E-state index in [0.717, 1.165) is 12.8 Å². The number of piperazine rings is 1. The monoisotopic (exact) mass is 310 g/mol. The fourth-order valence-electron chi connectivity index (χ4n) is 2.51. The third kappa shape index (κ3) is 4.04. The molecule has 0 spiro atoms. The summed E-state index contributed by atoms with van der Waals surface area (Å²) in [6.07, 6.45) is 3.30. The van der Waals surface area contributed by atoms with Crippen molar-refractivity contribution in [1.29, 1.82) is 0 Å². The predicted octanol–water partition coefficient (Wildman–Crippen LogP) is 1.36. The van der Waals surface area contributed by atoms with Crippen LogP contribution in [-0.4, -0.2) is 56.0 Å². The molecule has 6 heteroatoms. The third-order valence-corrected chi connectivity index (χ3v) is 5.04. The van der Waals surface area contributed by atoms with E-state index >= 15 is 0 Å². The zero-order valence-corrected chi connectivity index (χ0v) is 13.4. The molecule has 5 nitrogen and oxygen atoms in total. The van der Waals surface area contributed by atoms with Gasteiger partial charge in [-0.1, -0.05) is 25.5 Å². The maximum absolute atomic E-state index is 12.4. The van der Waals surface area contributed by atoms with Gasteiger partial charge in [0.15, 0.2) is 0 Å². The summed E-state index contributed by atoms with van der Waals surface area (Å²) in [5, 5.41) is 0. The largest absolute Gasteiger partial charge is 0.336 e. The summed E-state index contributed by atoms with van der Waals surface area (Å²) in [6, 6.07) is 7.69. The number of carbonyl (C=O) groups excluding carboxylic acids is 1. The topological polar surface area (TPSA) is 57.7 Å². The lowest BCUT2D eigenvalue weighted by Crippen LogP contribution is -2.50. The third-order valence-electron chi connectivity index (χ3n) is 3.73. The van der Waals surface area contributed by atoms with Crippen LogP contribution in [0.1, 0.15) is 29.3 Å². The van der Waals surface area contributed by atoms with Gasteiger partial charge in [0.25, 0.3) is 5.91 Å². The van der Waals surface area contributed by atoms with Gasteiger partial charge in [-0.15, -0.1) is 0 Å². The molecule has 21 heavy (non-hydrogen) atoms. The van der Waals surface area contributed by atoms with E-state index in [-0.39, 0.29) is 5.91 Å². The van der Waals surface area contributed by atoms with Crippen LogP contribution in [0, 0.1) is 0 Å². The number of carbonyl (C=O) groups is 1. The Hall–Kier alpha value is -1.40. The number of nitrogens with zero attached hydrogens (tertiary/aromatic N) is 2. The van der Waals surface area contributed by atoms with Gasteiger partial charge >= 0.3 is 0 Å². The molecular formula is C15H22N2O3S. The van der Waals surface area contributed by atoms with E-state index in [2.05, 4.69) is 6.92 Å². The van der Waals surface area contributed by atoms with Crippen LogP contribution in [0.25, 0.3) is 0 Å². The number of amides is 1. The molecular weight excluding hydrogens is 288 g/mol. The number of aryl methyl sites for hydroxylation is 1. The maximum atomic E-state index is 12.4. The van der Waals surface area contributed by atoms with Crippen molar-refractivity contribution in [2.24, 2.45) is 0 Å². The Balaban J connectivity index is 1.98. The number of sulfonamides is 1. The van der Waals surface area contributed by atoms with Gasteiger partial charge in [0.2, 0.25) is 10.0 Å². The Morgan fingerprint density at radius 1 is 1.10 bits per heavy atom. The molecule has 0 radical (unpaired) electrons. The molecule has 1 amide bonds. The minimum absolute atomic E-state index is 0.0220. The number of hydrogen-bond donors (Lipinski definition) is 0. The summed E-state index contributed by atoms with van der Waals surface area (Å²) in [6.45, 7) is 3.77. The zero-order chi connectivity index (χ0) is 15.5. The molecule has 2 rings (SSSR count). The molecule has 0 atom stereocenters. The summed E-state index contributed by atoms with van der Waals surface area (Å²) >= 11 is 0. The highest BCUT2D eigenvalue weighted by molar-refractivity contribution is 7.88. The van der Waals surface area contributed by atoms with Crippen molar-refractivity contribution < 1.29 is 13.2 Å². The van der Waals surface area contributed by atoms with E-state index < -0.39 is 10.0 Å². The first-order valence-corrected chi connectivity index (χ1v) is 9.10. The minimum Gasteiger partial charge on any atom is -0.336 e. The zero-order valence-electron chi connectivity index (χ0n) is 12.6. The average molecular weight is 310 g/mol. The van der Waals surface area contributed by atoms with Gasteiger partial charge in [-0.2, -0.15) is 4.31 Å². The Labute approximate surface area is 126 Å². The average Bonchev–Trinajstić information content (AvgIpc) is 2.47. The van der Waals surface area contributed by atoms with E-state index in [1.54, 1.807) is 4.90 Å². The highest BCUT2D eigenvalue weighted by atomic mass is 32.2. The lowest BCUT2D eigenvalue weighted by Gasteiger charge is -2.33. The fraction of sp³-hybridized carbons (Fsp3) is 0.533. The van der Waals surface area contributed by atoms with Crippen LogP contribution in [0.5, 0.6) is 0 Å². The van der Waals surface area contributed by atoms with Crippen molar-refractivity contribution in [1.82, 2.24) is 9.21 Å². The molecule has 116 valence electrons. The lowest BCUT2D eigenvalue weighted by atomic mass is 10.1. The molecule has 0 aromatic heterocycles. The molecule has 0 aliphatic carbocycles. The fourth-order valence-corrected chi connectivity index (χ4v) is 3.33. The van der Waals surface area contributed by atoms with Gasteiger partial charge in [-0.3, -0.25) is 4.79 Å². The highest BCUT2D eigenvalue weighted by Gasteiger charge is 2.26. The van der Waals surface area contributed by atoms with Gasteiger partial charge in [0.1, 0.15) is 0 Å². The first-order valence-electron chi connectivity index (χ1n) is 7.25. The number of hydrogen-bond acceptors (Lipinski definition) is 3. The Kier molecular flexibility index (Phi) is 5.00. The quantitative estimate of drug-likeness (QED) is 0.843. The Morgan fingerprint density at radius 3 is 2.14 bits per heavy atom. The molecule has 1 heterocycles. The van der Waals surface area contributed by atoms with Crippen molar-refractivity contribution >= 4 is 15.9 Å². The van der Waals surface area contributed by atoms with Crippen molar-refractivity contribution in [3.8, 4) is 0 Å². The maximum Gasteiger partial charge on any atom is 0.253 e. The second kappa shape index (κ2) is 6.58. The van der Waals surface area contributed by atoms with E-state index in [9.17, 15) is 13.2 Å². The van der Waals surface area contributed by atoms with E-state index in [0.29, 0.717) is 31.7 Å². The summed E-state index contributed by atoms with van der Waals surface area (Å²) in [4.78, 5) is 14.1. The van der Waals surface area contributed by atoms with Crippen LogP contribution in [-0.2, 0) is 16.4 Å². The van der Waals surface area contributed by atoms with Crippen LogP contribution in [0.15, 0.2) is 24.3 Å². The summed E-state index contributed by atoms with van der Waals surface area (Å²) in [5.74, 6) is -0.0220. The highest BCUT2D eigenvalue weighted by Crippen LogP contribution is 2.12. The van der Waals surface area contributed by atoms with Crippen LogP contribution >= 0.6 is 0 Å². The second-order valence-electron chi connectivity index (χ2n) is 5.40. The van der Waals surface area contributed by atoms with Crippen molar-refractivity contribution in [2.45, 2.75) is 19.8 Å². The summed E-state index contributed by atoms with van der Waals surface area (Å²) in [5.41, 5.74) is 1.90. The molecule has 1 aromatic rings. The summed E-state index contributed by atoms with van der Waals surface area (Å²) in [7, 11) is -3.16. The normalized spacial score (nSPS) is 17.0. The second-order valence-corrected chi connectivity index (χ2v) is 7.38. The van der Waals surface area contributed by atoms with Crippen LogP contribution in [0.3, 0.4) is 0 Å². The molecule has 1 aliphatic rings. The first-order chi connectivity index (χ1) is 9.91. The smallest absolute Gasteiger partial charge is 0.253 e. The Morgan fingerprint density at radius 2 is 1.67 bits per heavy atom. The predicted molar refractivity (Wildman–Crippen MR) is 82.8 cm³/mol. The van der Waals surface area contributed by atoms with Crippen molar-refractivity contribution in [3.63, 3.8) is 0 Å². The number of rotatable bonds is 4. The van der Waals surface area contributed by atoms with Gasteiger partial charge < -0.3 is 4.90 Å². The minimum atomic E-state index is -3.16. The van der Waals surface area contributed by atoms with Gasteiger partial charge in [-0.05, 0) is 24.1 Å². The van der Waals surface area contributed by atoms with E-state index in [1.807, 2.05) is 24.3 Å². The molecule has 0 bridgehead atoms. The van der Waals surface area contributed by atoms with Crippen LogP contribution < -0.4 is 0 Å². The molecule has 0 saturated carbocycles. The van der Waals surface area contributed by atoms with Crippen LogP contribution in [0.4, 0.5) is 0 Å². The number of benzene rings is 1. The molecule has 1 fully saturated rings. The van der Waals surface area contributed by atoms with Gasteiger partial charge in [0, 0.05) is 31.7 Å². The van der Waals surface area contributed by atoms with E-state index in [1.165, 1.54) is 16.1 Å². The summed E-state index contributed by atoms with van der Waals surface area (Å²) < 4.78 is 24.3. The first kappa shape index (κ1) is 16.0. The van der Waals surface area contributed by atoms with E-state index in [4.69, 9.17) is 0 Å². The van der Waals surface area contributed by atoms with Gasteiger partial charge in [-0.25, -0.2) is 8.42 Å². The van der Waals surface area contributed by atoms with Gasteiger partial charge in [0.05, 0.1) is 6.26 Å². The standard InChI is InChI=1S/C15H22N2O3S/c1-3-4-13-5-7-14(8-6-13)15(18)16-9-11-17(12-10-16)21(2,19)20/h5-8H,3-4,9-12H2,1-2H3. The SMILES string of the molecule is CCCc1ccc(C(=O)N2CCN(S(C)(=O)=O)CC2)cc1. The van der Waals surface area contributed by atoms with Crippen molar-refractivity contribution in [3.05, 3.63) is 35.4 Å². The molecule has 1 aromatic carbocycles. The molecule has 1 saturated heterocycles. The molecule has 1 aliphatic heterocycles. The lowest BCUT2D eigenvalue weighted by molar-refractivity contribution is 0.0698. The molecule has 0 unspecified atom stereocenters. The molecule has 0 N–H and O–H groups in total. The van der Waals surface area contributed by atoms with Crippen LogP contribution in [0.2, 0.25) is 0 Å². The Bertz CT molecular complexity index is 588.